The van der Waals surface area contributed by atoms with Crippen molar-refractivity contribution in [1.29, 1.82) is 0 Å². The minimum absolute atomic E-state index is 0.222. The quantitative estimate of drug-likeness (QED) is 0.444. The molecule has 2 aromatic heterocycles. The van der Waals surface area contributed by atoms with Gasteiger partial charge >= 0.3 is 0 Å². The van der Waals surface area contributed by atoms with E-state index >= 15 is 0 Å². The van der Waals surface area contributed by atoms with Crippen LogP contribution < -0.4 is 14.8 Å². The van der Waals surface area contributed by atoms with E-state index in [0.717, 1.165) is 28.0 Å². The van der Waals surface area contributed by atoms with Gasteiger partial charge in [0.1, 0.15) is 29.7 Å². The van der Waals surface area contributed by atoms with Crippen LogP contribution in [0.3, 0.4) is 0 Å². The second-order valence-electron chi connectivity index (χ2n) is 7.62. The molecule has 4 aromatic rings. The second kappa shape index (κ2) is 8.96. The molecular weight excluding hydrogens is 442 g/mol. The summed E-state index contributed by atoms with van der Waals surface area (Å²) < 4.78 is 16.9. The number of hydrogen-bond acceptors (Lipinski definition) is 6. The molecule has 0 unspecified atom stereocenters. The fourth-order valence-electron chi connectivity index (χ4n) is 3.78. The highest BCUT2D eigenvalue weighted by Gasteiger charge is 2.27. The van der Waals surface area contributed by atoms with Crippen molar-refractivity contribution in [2.45, 2.75) is 12.5 Å². The first-order chi connectivity index (χ1) is 16.1. The van der Waals surface area contributed by atoms with E-state index in [-0.39, 0.29) is 17.8 Å². The lowest BCUT2D eigenvalue weighted by atomic mass is 10.0. The Morgan fingerprint density at radius 1 is 1.09 bits per heavy atom. The molecule has 0 saturated heterocycles. The number of carbonyl (C=O) groups excluding carboxylic acids is 1. The summed E-state index contributed by atoms with van der Waals surface area (Å²) in [5.41, 5.74) is 3.65. The monoisotopic (exact) mass is 461 g/mol. The first-order valence-corrected chi connectivity index (χ1v) is 10.8. The predicted octanol–water partition coefficient (Wildman–Crippen LogP) is 4.80. The zero-order chi connectivity index (χ0) is 22.8. The number of carbonyl (C=O) groups is 1. The predicted molar refractivity (Wildman–Crippen MR) is 124 cm³/mol. The van der Waals surface area contributed by atoms with Crippen molar-refractivity contribution < 1.29 is 18.7 Å². The highest BCUT2D eigenvalue weighted by molar-refractivity contribution is 6.32. The average molecular weight is 462 g/mol. The smallest absolute Gasteiger partial charge is 0.287 e. The normalized spacial score (nSPS) is 14.4. The Bertz CT molecular complexity index is 1290. The Balaban J connectivity index is 1.22. The summed E-state index contributed by atoms with van der Waals surface area (Å²) in [6, 6.07) is 14.7. The Kier molecular flexibility index (Phi) is 5.71. The Morgan fingerprint density at radius 3 is 2.64 bits per heavy atom. The third kappa shape index (κ3) is 4.40. The first-order valence-electron chi connectivity index (χ1n) is 10.4. The van der Waals surface area contributed by atoms with Crippen LogP contribution >= 0.6 is 11.6 Å². The van der Waals surface area contributed by atoms with E-state index in [0.29, 0.717) is 29.5 Å². The number of rotatable bonds is 6. The van der Waals surface area contributed by atoms with Crippen LogP contribution in [0.5, 0.6) is 11.5 Å². The van der Waals surface area contributed by atoms with Crippen LogP contribution in [-0.4, -0.2) is 35.6 Å². The van der Waals surface area contributed by atoms with Gasteiger partial charge in [-0.15, -0.1) is 0 Å². The van der Waals surface area contributed by atoms with Crippen LogP contribution in [0.25, 0.3) is 22.5 Å². The largest absolute Gasteiger partial charge is 0.497 e. The van der Waals surface area contributed by atoms with Crippen LogP contribution in [0.1, 0.15) is 16.1 Å². The number of hydrogen-bond donors (Lipinski definition) is 1. The maximum absolute atomic E-state index is 12.6. The lowest BCUT2D eigenvalue weighted by Gasteiger charge is -2.11. The van der Waals surface area contributed by atoms with Crippen LogP contribution in [-0.2, 0) is 6.42 Å². The van der Waals surface area contributed by atoms with Crippen molar-refractivity contribution in [2.75, 3.05) is 13.7 Å². The molecule has 0 bridgehead atoms. The molecule has 0 fully saturated rings. The van der Waals surface area contributed by atoms with E-state index < -0.39 is 0 Å². The van der Waals surface area contributed by atoms with E-state index in [9.17, 15) is 4.79 Å². The molecule has 33 heavy (non-hydrogen) atoms. The molecule has 0 saturated carbocycles. The lowest BCUT2D eigenvalue weighted by Crippen LogP contribution is -2.34. The average Bonchev–Trinajstić information content (AvgIpc) is 3.51. The van der Waals surface area contributed by atoms with Crippen molar-refractivity contribution in [3.8, 4) is 33.9 Å². The summed E-state index contributed by atoms with van der Waals surface area (Å²) in [7, 11) is 1.61. The Morgan fingerprint density at radius 2 is 1.88 bits per heavy atom. The van der Waals surface area contributed by atoms with Crippen molar-refractivity contribution in [3.05, 3.63) is 83.6 Å². The highest BCUT2D eigenvalue weighted by atomic mass is 35.5. The second-order valence-corrected chi connectivity index (χ2v) is 8.03. The van der Waals surface area contributed by atoms with Gasteiger partial charge in [-0.25, -0.2) is 9.97 Å². The molecule has 1 aliphatic heterocycles. The number of nitrogens with zero attached hydrogens (tertiary/aromatic N) is 2. The fourth-order valence-corrected chi connectivity index (χ4v) is 4.06. The number of furan rings is 1. The van der Waals surface area contributed by atoms with Gasteiger partial charge in [0.05, 0.1) is 18.7 Å². The molecule has 8 heteroatoms. The number of benzene rings is 2. The Hall–Kier alpha value is -3.84. The molecule has 0 aliphatic carbocycles. The standard InChI is InChI=1S/C25H20ClN3O4/c1-31-19-4-2-15(3-5-19)22-6-7-23(33-22)25(30)29-13-20-9-17-8-16(10-21(26)24(17)32-20)18-11-27-14-28-12-18/h2-8,10-12,14,20H,9,13H2,1H3,(H,29,30)/t20-/m0/s1. The lowest BCUT2D eigenvalue weighted by molar-refractivity contribution is 0.0906. The SMILES string of the molecule is COc1ccc(-c2ccc(C(=O)NC[C@@H]3Cc4cc(-c5cncnc5)cc(Cl)c4O3)o2)cc1. The van der Waals surface area contributed by atoms with Gasteiger partial charge in [-0.05, 0) is 54.1 Å². The van der Waals surface area contributed by atoms with Crippen molar-refractivity contribution in [3.63, 3.8) is 0 Å². The zero-order valence-corrected chi connectivity index (χ0v) is 18.5. The summed E-state index contributed by atoms with van der Waals surface area (Å²) in [5, 5.41) is 3.41. The molecule has 7 nitrogen and oxygen atoms in total. The number of halogens is 1. The van der Waals surface area contributed by atoms with Gasteiger partial charge in [-0.1, -0.05) is 11.6 Å². The van der Waals surface area contributed by atoms with E-state index in [1.54, 1.807) is 31.6 Å². The summed E-state index contributed by atoms with van der Waals surface area (Å²) in [5.74, 6) is 1.95. The number of methoxy groups -OCH3 is 1. The third-order valence-electron chi connectivity index (χ3n) is 5.44. The molecule has 3 heterocycles. The van der Waals surface area contributed by atoms with Crippen LogP contribution in [0, 0.1) is 0 Å². The Labute approximate surface area is 195 Å². The molecule has 1 aliphatic rings. The van der Waals surface area contributed by atoms with Gasteiger partial charge in [0.15, 0.2) is 5.76 Å². The van der Waals surface area contributed by atoms with Gasteiger partial charge in [-0.3, -0.25) is 4.79 Å². The minimum Gasteiger partial charge on any atom is -0.497 e. The van der Waals surface area contributed by atoms with Crippen LogP contribution in [0.4, 0.5) is 0 Å². The molecule has 2 aromatic carbocycles. The van der Waals surface area contributed by atoms with Gasteiger partial charge in [0.2, 0.25) is 0 Å². The highest BCUT2D eigenvalue weighted by Crippen LogP contribution is 2.39. The maximum Gasteiger partial charge on any atom is 0.287 e. The topological polar surface area (TPSA) is 86.5 Å². The molecule has 0 spiro atoms. The summed E-state index contributed by atoms with van der Waals surface area (Å²) in [6.45, 7) is 0.326. The van der Waals surface area contributed by atoms with Crippen LogP contribution in [0.2, 0.25) is 5.02 Å². The van der Waals surface area contributed by atoms with Gasteiger partial charge in [-0.2, -0.15) is 0 Å². The van der Waals surface area contributed by atoms with E-state index in [1.165, 1.54) is 6.33 Å². The van der Waals surface area contributed by atoms with Gasteiger partial charge in [0, 0.05) is 35.5 Å². The molecule has 5 rings (SSSR count). The summed E-state index contributed by atoms with van der Waals surface area (Å²) in [6.07, 6.45) is 5.37. The molecular formula is C25H20ClN3O4. The van der Waals surface area contributed by atoms with Crippen LogP contribution in [0.15, 0.2) is 71.7 Å². The van der Waals surface area contributed by atoms with Crippen molar-refractivity contribution >= 4 is 17.5 Å². The zero-order valence-electron chi connectivity index (χ0n) is 17.7. The summed E-state index contributed by atoms with van der Waals surface area (Å²) in [4.78, 5) is 20.7. The van der Waals surface area contributed by atoms with Crippen molar-refractivity contribution in [1.82, 2.24) is 15.3 Å². The fraction of sp³-hybridized carbons (Fsp3) is 0.160. The minimum atomic E-state index is -0.303. The van der Waals surface area contributed by atoms with E-state index in [4.69, 9.17) is 25.5 Å². The number of nitrogens with one attached hydrogen (secondary N) is 1. The first kappa shape index (κ1) is 21.0. The number of fused-ring (bicyclic) bond motifs is 1. The van der Waals surface area contributed by atoms with E-state index in [1.807, 2.05) is 36.4 Å². The van der Waals surface area contributed by atoms with E-state index in [2.05, 4.69) is 15.3 Å². The van der Waals surface area contributed by atoms with Gasteiger partial charge < -0.3 is 19.2 Å². The van der Waals surface area contributed by atoms with Gasteiger partial charge in [0.25, 0.3) is 5.91 Å². The molecule has 1 amide bonds. The van der Waals surface area contributed by atoms with Crippen molar-refractivity contribution in [2.24, 2.45) is 0 Å². The molecule has 1 N–H and O–H groups in total. The number of aromatic nitrogens is 2. The molecule has 1 atom stereocenters. The number of amides is 1. The molecule has 0 radical (unpaired) electrons. The summed E-state index contributed by atoms with van der Waals surface area (Å²) >= 11 is 6.45. The maximum atomic E-state index is 12.6. The number of ether oxygens (including phenoxy) is 2. The third-order valence-corrected chi connectivity index (χ3v) is 5.72. The molecule has 166 valence electrons.